The molecule has 102 valence electrons. The minimum atomic E-state index is 0.834. The Kier molecular flexibility index (Phi) is 4.61. The highest BCUT2D eigenvalue weighted by molar-refractivity contribution is 7.12. The summed E-state index contributed by atoms with van der Waals surface area (Å²) in [6.07, 6.45) is 0. The number of hydrogen-bond donors (Lipinski definition) is 1. The summed E-state index contributed by atoms with van der Waals surface area (Å²) in [4.78, 5) is 2.80. The summed E-state index contributed by atoms with van der Waals surface area (Å²) in [5.41, 5.74) is 3.86. The van der Waals surface area contributed by atoms with Crippen LogP contribution in [-0.2, 0) is 13.1 Å². The molecule has 0 radical (unpaired) electrons. The van der Waals surface area contributed by atoms with Crippen LogP contribution in [0.4, 0.5) is 0 Å². The molecule has 1 aromatic carbocycles. The summed E-state index contributed by atoms with van der Waals surface area (Å²) in [6, 6.07) is 8.55. The van der Waals surface area contributed by atoms with E-state index in [1.165, 1.54) is 26.4 Å². The summed E-state index contributed by atoms with van der Waals surface area (Å²) in [7, 11) is 1.72. The number of methoxy groups -OCH3 is 1. The second-order valence-corrected chi connectivity index (χ2v) is 6.21. The van der Waals surface area contributed by atoms with E-state index >= 15 is 0 Å². The van der Waals surface area contributed by atoms with Crippen LogP contribution in [0, 0.1) is 20.8 Å². The van der Waals surface area contributed by atoms with Crippen molar-refractivity contribution in [2.45, 2.75) is 33.9 Å². The lowest BCUT2D eigenvalue weighted by Gasteiger charge is -2.10. The minimum Gasteiger partial charge on any atom is -0.496 e. The molecule has 0 aliphatic rings. The molecule has 19 heavy (non-hydrogen) atoms. The van der Waals surface area contributed by atoms with Crippen LogP contribution in [0.5, 0.6) is 5.75 Å². The van der Waals surface area contributed by atoms with Crippen molar-refractivity contribution in [3.63, 3.8) is 0 Å². The van der Waals surface area contributed by atoms with Crippen molar-refractivity contribution in [3.8, 4) is 5.75 Å². The third-order valence-corrected chi connectivity index (χ3v) is 4.42. The predicted octanol–water partition coefficient (Wildman–Crippen LogP) is 3.97. The molecule has 0 unspecified atom stereocenters. The highest BCUT2D eigenvalue weighted by Gasteiger charge is 2.04. The number of ether oxygens (including phenoxy) is 1. The second-order valence-electron chi connectivity index (χ2n) is 4.87. The molecular weight excluding hydrogens is 254 g/mol. The Labute approximate surface area is 119 Å². The fraction of sp³-hybridized carbons (Fsp3) is 0.375. The third kappa shape index (κ3) is 3.58. The van der Waals surface area contributed by atoms with Gasteiger partial charge in [0, 0.05) is 28.4 Å². The molecular formula is C16H21NOS. The Morgan fingerprint density at radius 2 is 1.89 bits per heavy atom. The van der Waals surface area contributed by atoms with Gasteiger partial charge in [0.15, 0.2) is 0 Å². The molecule has 0 atom stereocenters. The van der Waals surface area contributed by atoms with E-state index in [0.717, 1.165) is 18.8 Å². The van der Waals surface area contributed by atoms with Crippen molar-refractivity contribution in [1.29, 1.82) is 0 Å². The number of benzene rings is 1. The Morgan fingerprint density at radius 3 is 2.53 bits per heavy atom. The van der Waals surface area contributed by atoms with E-state index in [-0.39, 0.29) is 0 Å². The highest BCUT2D eigenvalue weighted by atomic mass is 32.1. The van der Waals surface area contributed by atoms with E-state index in [1.54, 1.807) is 7.11 Å². The summed E-state index contributed by atoms with van der Waals surface area (Å²) < 4.78 is 5.39. The maximum Gasteiger partial charge on any atom is 0.123 e. The number of rotatable bonds is 5. The first-order valence-corrected chi connectivity index (χ1v) is 7.32. The van der Waals surface area contributed by atoms with Crippen LogP contribution in [-0.4, -0.2) is 7.11 Å². The highest BCUT2D eigenvalue weighted by Crippen LogP contribution is 2.22. The van der Waals surface area contributed by atoms with Crippen LogP contribution in [0.2, 0.25) is 0 Å². The van der Waals surface area contributed by atoms with Crippen molar-refractivity contribution in [3.05, 3.63) is 50.7 Å². The van der Waals surface area contributed by atoms with E-state index in [4.69, 9.17) is 4.74 Å². The van der Waals surface area contributed by atoms with Gasteiger partial charge in [-0.1, -0.05) is 17.7 Å². The molecule has 1 N–H and O–H groups in total. The molecule has 0 saturated heterocycles. The average molecular weight is 275 g/mol. The maximum atomic E-state index is 5.39. The first-order valence-electron chi connectivity index (χ1n) is 6.50. The van der Waals surface area contributed by atoms with Crippen LogP contribution in [0.1, 0.15) is 26.4 Å². The fourth-order valence-electron chi connectivity index (χ4n) is 2.10. The molecule has 3 heteroatoms. The predicted molar refractivity (Wildman–Crippen MR) is 82.1 cm³/mol. The minimum absolute atomic E-state index is 0.834. The molecule has 2 nitrogen and oxygen atoms in total. The van der Waals surface area contributed by atoms with Gasteiger partial charge in [-0.05, 0) is 38.5 Å². The summed E-state index contributed by atoms with van der Waals surface area (Å²) in [5, 5.41) is 3.49. The largest absolute Gasteiger partial charge is 0.496 e. The van der Waals surface area contributed by atoms with E-state index in [1.807, 2.05) is 17.4 Å². The Morgan fingerprint density at radius 1 is 1.11 bits per heavy atom. The van der Waals surface area contributed by atoms with Crippen LogP contribution >= 0.6 is 11.3 Å². The first-order chi connectivity index (χ1) is 9.10. The van der Waals surface area contributed by atoms with Gasteiger partial charge < -0.3 is 10.1 Å². The maximum absolute atomic E-state index is 5.39. The SMILES string of the molecule is COc1ccc(C)cc1CNCc1cc(C)c(C)s1. The standard InChI is InChI=1S/C16H21NOS/c1-11-5-6-16(18-4)14(7-11)9-17-10-15-8-12(2)13(3)19-15/h5-8,17H,9-10H2,1-4H3. The van der Waals surface area contributed by atoms with Gasteiger partial charge in [0.2, 0.25) is 0 Å². The van der Waals surface area contributed by atoms with E-state index in [2.05, 4.69) is 44.3 Å². The fourth-order valence-corrected chi connectivity index (χ4v) is 3.13. The topological polar surface area (TPSA) is 21.3 Å². The zero-order valence-electron chi connectivity index (χ0n) is 12.0. The first kappa shape index (κ1) is 14.1. The van der Waals surface area contributed by atoms with Crippen LogP contribution in [0.15, 0.2) is 24.3 Å². The Balaban J connectivity index is 1.97. The van der Waals surface area contributed by atoms with Gasteiger partial charge in [0.1, 0.15) is 5.75 Å². The molecule has 0 aliphatic heterocycles. The lowest BCUT2D eigenvalue weighted by Crippen LogP contribution is -2.12. The molecule has 0 saturated carbocycles. The van der Waals surface area contributed by atoms with Gasteiger partial charge in [-0.15, -0.1) is 11.3 Å². The van der Waals surface area contributed by atoms with Gasteiger partial charge >= 0.3 is 0 Å². The van der Waals surface area contributed by atoms with Crippen molar-refractivity contribution in [1.82, 2.24) is 5.32 Å². The molecule has 0 amide bonds. The number of aryl methyl sites for hydroxylation is 3. The van der Waals surface area contributed by atoms with Crippen LogP contribution in [0.25, 0.3) is 0 Å². The van der Waals surface area contributed by atoms with Gasteiger partial charge in [-0.3, -0.25) is 0 Å². The summed E-state index contributed by atoms with van der Waals surface area (Å²) >= 11 is 1.87. The number of nitrogens with one attached hydrogen (secondary N) is 1. The van der Waals surface area contributed by atoms with Crippen molar-refractivity contribution >= 4 is 11.3 Å². The van der Waals surface area contributed by atoms with Crippen molar-refractivity contribution in [2.75, 3.05) is 7.11 Å². The Bertz CT molecular complexity index is 540. The van der Waals surface area contributed by atoms with E-state index < -0.39 is 0 Å². The molecule has 0 aliphatic carbocycles. The lowest BCUT2D eigenvalue weighted by atomic mass is 10.1. The van der Waals surface area contributed by atoms with Crippen LogP contribution < -0.4 is 10.1 Å². The quantitative estimate of drug-likeness (QED) is 0.891. The van der Waals surface area contributed by atoms with Gasteiger partial charge in [0.05, 0.1) is 7.11 Å². The summed E-state index contributed by atoms with van der Waals surface area (Å²) in [6.45, 7) is 8.19. The van der Waals surface area contributed by atoms with Crippen molar-refractivity contribution < 1.29 is 4.74 Å². The molecule has 0 fully saturated rings. The van der Waals surface area contributed by atoms with E-state index in [0.29, 0.717) is 0 Å². The number of hydrogen-bond acceptors (Lipinski definition) is 3. The normalized spacial score (nSPS) is 10.7. The third-order valence-electron chi connectivity index (χ3n) is 3.27. The van der Waals surface area contributed by atoms with Gasteiger partial charge in [-0.25, -0.2) is 0 Å². The monoisotopic (exact) mass is 275 g/mol. The molecule has 1 aromatic heterocycles. The zero-order valence-corrected chi connectivity index (χ0v) is 12.9. The van der Waals surface area contributed by atoms with Gasteiger partial charge in [0.25, 0.3) is 0 Å². The second kappa shape index (κ2) is 6.22. The smallest absolute Gasteiger partial charge is 0.123 e. The number of thiophene rings is 1. The lowest BCUT2D eigenvalue weighted by molar-refractivity contribution is 0.407. The van der Waals surface area contributed by atoms with Crippen molar-refractivity contribution in [2.24, 2.45) is 0 Å². The molecule has 2 aromatic rings. The Hall–Kier alpha value is -1.32. The van der Waals surface area contributed by atoms with Crippen LogP contribution in [0.3, 0.4) is 0 Å². The summed E-state index contributed by atoms with van der Waals surface area (Å²) in [5.74, 6) is 0.955. The molecule has 0 bridgehead atoms. The molecule has 0 spiro atoms. The van der Waals surface area contributed by atoms with E-state index in [9.17, 15) is 0 Å². The molecule has 2 rings (SSSR count). The zero-order chi connectivity index (χ0) is 13.8. The molecule has 1 heterocycles. The van der Waals surface area contributed by atoms with Gasteiger partial charge in [-0.2, -0.15) is 0 Å². The average Bonchev–Trinajstić information content (AvgIpc) is 2.69.